The van der Waals surface area contributed by atoms with Crippen LogP contribution in [0.25, 0.3) is 11.1 Å². The number of aromatic nitrogens is 1. The second-order valence-electron chi connectivity index (χ2n) is 6.72. The first-order valence-corrected chi connectivity index (χ1v) is 9.49. The van der Waals surface area contributed by atoms with E-state index in [0.29, 0.717) is 41.5 Å². The van der Waals surface area contributed by atoms with Crippen molar-refractivity contribution < 1.29 is 28.2 Å². The highest BCUT2D eigenvalue weighted by Gasteiger charge is 2.20. The van der Waals surface area contributed by atoms with Gasteiger partial charge in [0.05, 0.1) is 11.9 Å². The Morgan fingerprint density at radius 3 is 2.73 bits per heavy atom. The molecule has 1 N–H and O–H groups in total. The summed E-state index contributed by atoms with van der Waals surface area (Å²) >= 11 is 0. The molecule has 1 atom stereocenters. The maximum absolute atomic E-state index is 12.3. The molecule has 4 rings (SSSR count). The minimum Gasteiger partial charge on any atom is -0.486 e. The van der Waals surface area contributed by atoms with Gasteiger partial charge in [0.15, 0.2) is 23.2 Å². The second-order valence-corrected chi connectivity index (χ2v) is 6.72. The minimum atomic E-state index is -1.01. The maximum Gasteiger partial charge on any atom is 0.419 e. The van der Waals surface area contributed by atoms with Gasteiger partial charge in [0.25, 0.3) is 5.91 Å². The number of hydrogen-bond acceptors (Lipinski definition) is 7. The Morgan fingerprint density at radius 1 is 1.13 bits per heavy atom. The van der Waals surface area contributed by atoms with Gasteiger partial charge in [0, 0.05) is 18.3 Å². The number of hydrogen-bond donors (Lipinski definition) is 1. The van der Waals surface area contributed by atoms with Crippen molar-refractivity contribution in [3.05, 3.63) is 53.0 Å². The second kappa shape index (κ2) is 8.32. The SMILES string of the molecule is C[C@@H](OC(=O)CCn1c(=O)oc2ccccc21)C(=O)Nc1ccc2c(c1)OCCO2. The van der Waals surface area contributed by atoms with E-state index >= 15 is 0 Å². The average molecular weight is 412 g/mol. The van der Waals surface area contributed by atoms with Crippen molar-refractivity contribution in [2.45, 2.75) is 26.0 Å². The molecule has 1 aliphatic heterocycles. The van der Waals surface area contributed by atoms with Crippen LogP contribution in [0.4, 0.5) is 5.69 Å². The number of benzene rings is 2. The molecule has 0 saturated carbocycles. The monoisotopic (exact) mass is 412 g/mol. The number of carbonyl (C=O) groups is 2. The standard InChI is InChI=1S/C21H20N2O7/c1-13(20(25)22-14-6-7-17-18(12-14)28-11-10-27-17)29-19(24)8-9-23-15-4-2-3-5-16(15)30-21(23)26/h2-7,12-13H,8-11H2,1H3,(H,22,25)/t13-/m1/s1. The van der Waals surface area contributed by atoms with E-state index < -0.39 is 23.7 Å². The Labute approximate surface area is 171 Å². The van der Waals surface area contributed by atoms with Gasteiger partial charge in [-0.1, -0.05) is 12.1 Å². The molecule has 1 amide bonds. The lowest BCUT2D eigenvalue weighted by atomic mass is 10.2. The summed E-state index contributed by atoms with van der Waals surface area (Å²) in [6.45, 7) is 2.48. The third-order valence-electron chi connectivity index (χ3n) is 4.60. The summed E-state index contributed by atoms with van der Waals surface area (Å²) in [7, 11) is 0. The molecule has 0 unspecified atom stereocenters. The molecule has 30 heavy (non-hydrogen) atoms. The summed E-state index contributed by atoms with van der Waals surface area (Å²) in [5.41, 5.74) is 1.55. The number of para-hydroxylation sites is 2. The molecule has 0 aliphatic carbocycles. The highest BCUT2D eigenvalue weighted by molar-refractivity contribution is 5.95. The van der Waals surface area contributed by atoms with Crippen molar-refractivity contribution in [1.82, 2.24) is 4.57 Å². The van der Waals surface area contributed by atoms with Crippen LogP contribution >= 0.6 is 0 Å². The van der Waals surface area contributed by atoms with E-state index in [1.165, 1.54) is 11.5 Å². The first kappa shape index (κ1) is 19.6. The molecule has 2 heterocycles. The average Bonchev–Trinajstić information content (AvgIpc) is 3.07. The maximum atomic E-state index is 12.3. The van der Waals surface area contributed by atoms with Gasteiger partial charge in [-0.25, -0.2) is 4.79 Å². The number of nitrogens with zero attached hydrogens (tertiary/aromatic N) is 1. The van der Waals surface area contributed by atoms with Gasteiger partial charge in [-0.15, -0.1) is 0 Å². The van der Waals surface area contributed by atoms with Crippen LogP contribution in [-0.4, -0.2) is 35.8 Å². The Bertz CT molecular complexity index is 1150. The van der Waals surface area contributed by atoms with Crippen molar-refractivity contribution in [3.8, 4) is 11.5 Å². The van der Waals surface area contributed by atoms with Crippen LogP contribution in [0.3, 0.4) is 0 Å². The molecule has 0 spiro atoms. The number of oxazole rings is 1. The predicted molar refractivity (Wildman–Crippen MR) is 107 cm³/mol. The summed E-state index contributed by atoms with van der Waals surface area (Å²) in [5.74, 6) is -0.474. The first-order chi connectivity index (χ1) is 14.5. The molecule has 2 aromatic carbocycles. The molecule has 1 aromatic heterocycles. The fraction of sp³-hybridized carbons (Fsp3) is 0.286. The third kappa shape index (κ3) is 4.14. The van der Waals surface area contributed by atoms with Crippen molar-refractivity contribution in [2.24, 2.45) is 0 Å². The molecule has 0 radical (unpaired) electrons. The molecular formula is C21H20N2O7. The van der Waals surface area contributed by atoms with Gasteiger partial charge < -0.3 is 23.9 Å². The van der Waals surface area contributed by atoms with Gasteiger partial charge >= 0.3 is 11.7 Å². The fourth-order valence-corrected chi connectivity index (χ4v) is 3.10. The molecule has 3 aromatic rings. The molecule has 9 heteroatoms. The van der Waals surface area contributed by atoms with Crippen LogP contribution in [0.5, 0.6) is 11.5 Å². The number of esters is 1. The molecule has 0 saturated heterocycles. The van der Waals surface area contributed by atoms with E-state index in [9.17, 15) is 14.4 Å². The molecular weight excluding hydrogens is 392 g/mol. The first-order valence-electron chi connectivity index (χ1n) is 9.49. The number of anilines is 1. The van der Waals surface area contributed by atoms with E-state index in [0.717, 1.165) is 0 Å². The normalized spacial score (nSPS) is 13.6. The zero-order valence-corrected chi connectivity index (χ0v) is 16.3. The largest absolute Gasteiger partial charge is 0.486 e. The quantitative estimate of drug-likeness (QED) is 0.619. The Balaban J connectivity index is 1.32. The lowest BCUT2D eigenvalue weighted by Gasteiger charge is -2.19. The Morgan fingerprint density at radius 2 is 1.90 bits per heavy atom. The molecule has 0 fully saturated rings. The van der Waals surface area contributed by atoms with Gasteiger partial charge in [0.1, 0.15) is 13.2 Å². The summed E-state index contributed by atoms with van der Waals surface area (Å²) in [5, 5.41) is 2.68. The third-order valence-corrected chi connectivity index (χ3v) is 4.60. The predicted octanol–water partition coefficient (Wildman–Crippen LogP) is 2.33. The highest BCUT2D eigenvalue weighted by atomic mass is 16.6. The van der Waals surface area contributed by atoms with Crippen LogP contribution in [-0.2, 0) is 20.9 Å². The van der Waals surface area contributed by atoms with E-state index in [4.69, 9.17) is 18.6 Å². The molecule has 1 aliphatic rings. The van der Waals surface area contributed by atoms with Crippen LogP contribution in [0.1, 0.15) is 13.3 Å². The van der Waals surface area contributed by atoms with Crippen molar-refractivity contribution in [1.29, 1.82) is 0 Å². The Hall–Kier alpha value is -3.75. The van der Waals surface area contributed by atoms with E-state index in [1.807, 2.05) is 0 Å². The Kier molecular flexibility index (Phi) is 5.42. The van der Waals surface area contributed by atoms with Gasteiger partial charge in [-0.3, -0.25) is 14.2 Å². The lowest BCUT2D eigenvalue weighted by molar-refractivity contribution is -0.153. The number of nitrogens with one attached hydrogen (secondary N) is 1. The van der Waals surface area contributed by atoms with Crippen LogP contribution in [0.2, 0.25) is 0 Å². The fourth-order valence-electron chi connectivity index (χ4n) is 3.10. The van der Waals surface area contributed by atoms with Crippen LogP contribution in [0, 0.1) is 0 Å². The van der Waals surface area contributed by atoms with Crippen LogP contribution < -0.4 is 20.5 Å². The molecule has 156 valence electrons. The zero-order chi connectivity index (χ0) is 21.1. The summed E-state index contributed by atoms with van der Waals surface area (Å²) in [6.07, 6.45) is -1.09. The summed E-state index contributed by atoms with van der Waals surface area (Å²) < 4.78 is 22.6. The topological polar surface area (TPSA) is 109 Å². The molecule has 0 bridgehead atoms. The lowest BCUT2D eigenvalue weighted by Crippen LogP contribution is -2.30. The summed E-state index contributed by atoms with van der Waals surface area (Å²) in [4.78, 5) is 36.5. The zero-order valence-electron chi connectivity index (χ0n) is 16.3. The summed E-state index contributed by atoms with van der Waals surface area (Å²) in [6, 6.07) is 12.0. The number of aryl methyl sites for hydroxylation is 1. The van der Waals surface area contributed by atoms with Gasteiger partial charge in [-0.2, -0.15) is 0 Å². The number of ether oxygens (including phenoxy) is 3. The van der Waals surface area contributed by atoms with Gasteiger partial charge in [0.2, 0.25) is 0 Å². The molecule has 9 nitrogen and oxygen atoms in total. The van der Waals surface area contributed by atoms with Gasteiger partial charge in [-0.05, 0) is 31.2 Å². The minimum absolute atomic E-state index is 0.0783. The number of rotatable bonds is 6. The van der Waals surface area contributed by atoms with Crippen molar-refractivity contribution >= 4 is 28.7 Å². The van der Waals surface area contributed by atoms with E-state index in [2.05, 4.69) is 5.32 Å². The number of amides is 1. The van der Waals surface area contributed by atoms with E-state index in [1.54, 1.807) is 42.5 Å². The number of fused-ring (bicyclic) bond motifs is 2. The van der Waals surface area contributed by atoms with Crippen LogP contribution in [0.15, 0.2) is 51.7 Å². The van der Waals surface area contributed by atoms with Crippen molar-refractivity contribution in [2.75, 3.05) is 18.5 Å². The highest BCUT2D eigenvalue weighted by Crippen LogP contribution is 2.32. The van der Waals surface area contributed by atoms with E-state index in [-0.39, 0.29) is 13.0 Å². The van der Waals surface area contributed by atoms with Crippen molar-refractivity contribution in [3.63, 3.8) is 0 Å². The smallest absolute Gasteiger partial charge is 0.419 e. The number of carbonyl (C=O) groups excluding carboxylic acids is 2.